The summed E-state index contributed by atoms with van der Waals surface area (Å²) in [5.41, 5.74) is 5.13. The summed E-state index contributed by atoms with van der Waals surface area (Å²) in [4.78, 5) is 45.5. The Labute approximate surface area is 281 Å². The summed E-state index contributed by atoms with van der Waals surface area (Å²) >= 11 is 14.1. The van der Waals surface area contributed by atoms with Crippen LogP contribution in [-0.4, -0.2) is 39.0 Å². The first-order chi connectivity index (χ1) is 22.7. The van der Waals surface area contributed by atoms with Gasteiger partial charge in [0.1, 0.15) is 17.5 Å². The number of nitrogens with one attached hydrogen (secondary N) is 2. The maximum Gasteiger partial charge on any atom is 0.330 e. The molecule has 5 aromatic rings. The average Bonchev–Trinajstić information content (AvgIpc) is 3.50. The molecule has 3 heterocycles. The molecule has 3 aromatic heterocycles. The number of unbranched alkanes of at least 4 members (excludes halogenated alkanes) is 2. The van der Waals surface area contributed by atoms with Gasteiger partial charge in [-0.15, -0.1) is 0 Å². The number of hydrogen-bond donors (Lipinski definition) is 2. The van der Waals surface area contributed by atoms with E-state index >= 15 is 0 Å². The van der Waals surface area contributed by atoms with Gasteiger partial charge in [0.05, 0.1) is 34.1 Å². The van der Waals surface area contributed by atoms with Gasteiger partial charge in [0, 0.05) is 55.0 Å². The fourth-order valence-electron chi connectivity index (χ4n) is 6.25. The third kappa shape index (κ3) is 6.04. The number of anilines is 2. The zero-order valence-corrected chi connectivity index (χ0v) is 27.8. The molecular weight excluding hydrogens is 639 g/mol. The predicted octanol–water partition coefficient (Wildman–Crippen LogP) is 6.37. The molecule has 1 unspecified atom stereocenters. The molecule has 10 nitrogen and oxygen atoms in total. The topological polar surface area (TPSA) is 120 Å². The minimum absolute atomic E-state index is 0.134. The van der Waals surface area contributed by atoms with Crippen LogP contribution in [0.25, 0.3) is 33.3 Å². The van der Waals surface area contributed by atoms with Gasteiger partial charge in [0.15, 0.2) is 0 Å². The number of nitrogens with zero attached hydrogens (tertiary/aromatic N) is 4. The molecule has 0 saturated heterocycles. The van der Waals surface area contributed by atoms with E-state index in [0.717, 1.165) is 59.8 Å². The van der Waals surface area contributed by atoms with Crippen LogP contribution in [0.5, 0.6) is 5.88 Å². The molecule has 0 fully saturated rings. The first-order valence-electron chi connectivity index (χ1n) is 15.4. The summed E-state index contributed by atoms with van der Waals surface area (Å²) < 4.78 is 8.24. The smallest absolute Gasteiger partial charge is 0.330 e. The molecule has 1 aliphatic carbocycles. The third-order valence-corrected chi connectivity index (χ3v) is 9.51. The Hall–Kier alpha value is -4.51. The second-order valence-electron chi connectivity index (χ2n) is 11.5. The van der Waals surface area contributed by atoms with Crippen LogP contribution in [0, 0.1) is 0 Å². The van der Waals surface area contributed by atoms with Crippen LogP contribution in [0.1, 0.15) is 42.9 Å². The van der Waals surface area contributed by atoms with Gasteiger partial charge in [-0.2, -0.15) is 0 Å². The lowest BCUT2D eigenvalue weighted by molar-refractivity contribution is -0.107. The van der Waals surface area contributed by atoms with Crippen LogP contribution in [0.4, 0.5) is 11.5 Å². The van der Waals surface area contributed by atoms with E-state index < -0.39 is 11.2 Å². The van der Waals surface area contributed by atoms with E-state index in [1.165, 1.54) is 17.8 Å². The van der Waals surface area contributed by atoms with Crippen LogP contribution >= 0.6 is 23.2 Å². The van der Waals surface area contributed by atoms with Crippen molar-refractivity contribution in [3.8, 4) is 28.3 Å². The number of aldehydes is 1. The number of rotatable bonds is 11. The highest BCUT2D eigenvalue weighted by Crippen LogP contribution is 2.44. The largest absolute Gasteiger partial charge is 0.481 e. The van der Waals surface area contributed by atoms with Crippen molar-refractivity contribution in [1.29, 1.82) is 0 Å². The lowest BCUT2D eigenvalue weighted by atomic mass is 9.99. The van der Waals surface area contributed by atoms with Crippen LogP contribution in [0.15, 0.2) is 64.3 Å². The van der Waals surface area contributed by atoms with E-state index in [4.69, 9.17) is 32.9 Å². The van der Waals surface area contributed by atoms with E-state index in [9.17, 15) is 14.4 Å². The predicted molar refractivity (Wildman–Crippen MR) is 186 cm³/mol. The average molecular weight is 674 g/mol. The molecule has 0 radical (unpaired) electrons. The molecule has 0 bridgehead atoms. The molecule has 47 heavy (non-hydrogen) atoms. The quantitative estimate of drug-likeness (QED) is 0.123. The standard InChI is InChI=1S/C35H34Cl2N6O4/c1-42-27-15-17-39-32(29(27)34(45)43(2)35(42)46)40-25-12-8-10-22(31(25)37)21-9-7-11-23(30(21)36)26-19-20-13-14-24(28(20)33(41-26)47-3)38-16-5-4-6-18-44/h7-12,15,17-19,24,38H,4-6,13-14,16H2,1-3H3,(H,39,40). The Morgan fingerprint density at radius 1 is 1.00 bits per heavy atom. The first kappa shape index (κ1) is 32.4. The van der Waals surface area contributed by atoms with Crippen molar-refractivity contribution in [3.63, 3.8) is 0 Å². The van der Waals surface area contributed by atoms with Gasteiger partial charge >= 0.3 is 5.69 Å². The van der Waals surface area contributed by atoms with Gasteiger partial charge in [-0.25, -0.2) is 14.8 Å². The Morgan fingerprint density at radius 3 is 2.51 bits per heavy atom. The van der Waals surface area contributed by atoms with Gasteiger partial charge in [0.2, 0.25) is 5.88 Å². The fraction of sp³-hybridized carbons (Fsp3) is 0.286. The monoisotopic (exact) mass is 672 g/mol. The Bertz CT molecular complexity index is 2130. The van der Waals surface area contributed by atoms with Crippen molar-refractivity contribution in [2.75, 3.05) is 19.0 Å². The highest BCUT2D eigenvalue weighted by molar-refractivity contribution is 6.39. The number of halogens is 2. The Kier molecular flexibility index (Phi) is 9.45. The number of hydrogen-bond acceptors (Lipinski definition) is 8. The van der Waals surface area contributed by atoms with Gasteiger partial charge in [0.25, 0.3) is 5.56 Å². The molecule has 2 aromatic carbocycles. The zero-order chi connectivity index (χ0) is 33.2. The van der Waals surface area contributed by atoms with Crippen molar-refractivity contribution in [3.05, 3.63) is 96.7 Å². The molecule has 242 valence electrons. The van der Waals surface area contributed by atoms with Crippen molar-refractivity contribution < 1.29 is 9.53 Å². The van der Waals surface area contributed by atoms with Gasteiger partial charge in [-0.1, -0.05) is 53.5 Å². The molecule has 0 saturated carbocycles. The fourth-order valence-corrected chi connectivity index (χ4v) is 6.85. The van der Waals surface area contributed by atoms with Gasteiger partial charge < -0.3 is 20.2 Å². The van der Waals surface area contributed by atoms with Crippen LogP contribution in [0.2, 0.25) is 10.0 Å². The maximum absolute atomic E-state index is 13.1. The Morgan fingerprint density at radius 2 is 1.74 bits per heavy atom. The normalized spacial score (nSPS) is 13.9. The number of carbonyl (C=O) groups excluding carboxylic acids is 1. The molecule has 1 aliphatic rings. The molecule has 12 heteroatoms. The summed E-state index contributed by atoms with van der Waals surface area (Å²) in [7, 11) is 4.67. The summed E-state index contributed by atoms with van der Waals surface area (Å²) in [6.07, 6.45) is 6.68. The second kappa shape index (κ2) is 13.7. The molecule has 6 rings (SSSR count). The summed E-state index contributed by atoms with van der Waals surface area (Å²) in [6.45, 7) is 0.818. The molecule has 0 spiro atoms. The highest BCUT2D eigenvalue weighted by atomic mass is 35.5. The molecular formula is C35H34Cl2N6O4. The second-order valence-corrected chi connectivity index (χ2v) is 12.3. The molecule has 0 amide bonds. The number of aromatic nitrogens is 4. The van der Waals surface area contributed by atoms with E-state index in [-0.39, 0.29) is 17.2 Å². The molecule has 2 N–H and O–H groups in total. The summed E-state index contributed by atoms with van der Waals surface area (Å²) in [6, 6.07) is 15.1. The molecule has 0 aliphatic heterocycles. The van der Waals surface area contributed by atoms with E-state index in [1.54, 1.807) is 26.3 Å². The van der Waals surface area contributed by atoms with Crippen LogP contribution in [0.3, 0.4) is 0 Å². The minimum Gasteiger partial charge on any atom is -0.481 e. The summed E-state index contributed by atoms with van der Waals surface area (Å²) in [5, 5.41) is 7.95. The van der Waals surface area contributed by atoms with Crippen LogP contribution < -0.4 is 26.6 Å². The minimum atomic E-state index is -0.462. The molecule has 1 atom stereocenters. The van der Waals surface area contributed by atoms with E-state index in [0.29, 0.717) is 50.4 Å². The van der Waals surface area contributed by atoms with Gasteiger partial charge in [-0.3, -0.25) is 13.9 Å². The summed E-state index contributed by atoms with van der Waals surface area (Å²) in [5.74, 6) is 0.845. The first-order valence-corrected chi connectivity index (χ1v) is 16.1. The SMILES string of the molecule is COc1nc(-c2cccc(-c3cccc(Nc4nccc5c4c(=O)n(C)c(=O)n5C)c3Cl)c2Cl)cc2c1C(NCCCCC=O)CC2. The van der Waals surface area contributed by atoms with Crippen LogP contribution in [-0.2, 0) is 25.3 Å². The number of carbonyl (C=O) groups is 1. The number of benzene rings is 2. The van der Waals surface area contributed by atoms with Crippen molar-refractivity contribution in [2.24, 2.45) is 14.1 Å². The zero-order valence-electron chi connectivity index (χ0n) is 26.3. The van der Waals surface area contributed by atoms with Crippen molar-refractivity contribution >= 4 is 51.9 Å². The van der Waals surface area contributed by atoms with Crippen molar-refractivity contribution in [1.82, 2.24) is 24.4 Å². The van der Waals surface area contributed by atoms with Crippen molar-refractivity contribution in [2.45, 2.75) is 38.1 Å². The lowest BCUT2D eigenvalue weighted by Crippen LogP contribution is -2.37. The number of methoxy groups -OCH3 is 1. The number of aryl methyl sites for hydroxylation is 2. The lowest BCUT2D eigenvalue weighted by Gasteiger charge is -2.18. The van der Waals surface area contributed by atoms with E-state index in [2.05, 4.69) is 21.7 Å². The highest BCUT2D eigenvalue weighted by Gasteiger charge is 2.28. The number of fused-ring (bicyclic) bond motifs is 2. The van der Waals surface area contributed by atoms with E-state index in [1.807, 2.05) is 30.3 Å². The Balaban J connectivity index is 1.34. The number of ether oxygens (including phenoxy) is 1. The van der Waals surface area contributed by atoms with Gasteiger partial charge in [-0.05, 0) is 56.0 Å². The number of pyridine rings is 2. The third-order valence-electron chi connectivity index (χ3n) is 8.69. The maximum atomic E-state index is 13.1.